The quantitative estimate of drug-likeness (QED) is 0.670. The van der Waals surface area contributed by atoms with E-state index in [-0.39, 0.29) is 0 Å². The van der Waals surface area contributed by atoms with Gasteiger partial charge >= 0.3 is 0 Å². The SMILES string of the molecule is Cc1c(N(C)C)coc1N(C)C. The highest BCUT2D eigenvalue weighted by Gasteiger charge is 2.11. The summed E-state index contributed by atoms with van der Waals surface area (Å²) in [5, 5.41) is 0. The molecular formula is C9H16N2O. The molecule has 3 heteroatoms. The van der Waals surface area contributed by atoms with Crippen LogP contribution in [-0.4, -0.2) is 28.2 Å². The van der Waals surface area contributed by atoms with E-state index >= 15 is 0 Å². The number of rotatable bonds is 2. The van der Waals surface area contributed by atoms with Crippen molar-refractivity contribution in [2.24, 2.45) is 0 Å². The number of hydrogen-bond donors (Lipinski definition) is 0. The molecule has 0 atom stereocenters. The second kappa shape index (κ2) is 3.09. The molecular weight excluding hydrogens is 152 g/mol. The fourth-order valence-electron chi connectivity index (χ4n) is 1.28. The van der Waals surface area contributed by atoms with Crippen LogP contribution < -0.4 is 9.80 Å². The van der Waals surface area contributed by atoms with Crippen LogP contribution in [0.15, 0.2) is 10.7 Å². The van der Waals surface area contributed by atoms with Gasteiger partial charge in [0.1, 0.15) is 6.26 Å². The van der Waals surface area contributed by atoms with Crippen LogP contribution in [0.5, 0.6) is 0 Å². The standard InChI is InChI=1S/C9H16N2O/c1-7-8(10(2)3)6-12-9(7)11(4)5/h6H,1-5H3. The first-order valence-corrected chi connectivity index (χ1v) is 3.96. The normalized spacial score (nSPS) is 10.1. The van der Waals surface area contributed by atoms with Crippen LogP contribution in [0, 0.1) is 6.92 Å². The van der Waals surface area contributed by atoms with E-state index in [1.807, 2.05) is 38.0 Å². The van der Waals surface area contributed by atoms with Crippen molar-refractivity contribution in [3.63, 3.8) is 0 Å². The van der Waals surface area contributed by atoms with Crippen molar-refractivity contribution in [2.45, 2.75) is 6.92 Å². The Kier molecular flexibility index (Phi) is 2.31. The molecule has 1 rings (SSSR count). The van der Waals surface area contributed by atoms with Gasteiger partial charge < -0.3 is 14.2 Å². The summed E-state index contributed by atoms with van der Waals surface area (Å²) < 4.78 is 5.40. The monoisotopic (exact) mass is 168 g/mol. The third kappa shape index (κ3) is 1.40. The van der Waals surface area contributed by atoms with Gasteiger partial charge in [0.2, 0.25) is 0 Å². The van der Waals surface area contributed by atoms with Gasteiger partial charge in [-0.25, -0.2) is 0 Å². The van der Waals surface area contributed by atoms with E-state index in [9.17, 15) is 0 Å². The van der Waals surface area contributed by atoms with E-state index in [2.05, 4.69) is 6.92 Å². The molecule has 0 unspecified atom stereocenters. The van der Waals surface area contributed by atoms with E-state index < -0.39 is 0 Å². The third-order valence-corrected chi connectivity index (χ3v) is 1.88. The van der Waals surface area contributed by atoms with Crippen LogP contribution >= 0.6 is 0 Å². The Morgan fingerprint density at radius 1 is 1.08 bits per heavy atom. The van der Waals surface area contributed by atoms with Crippen LogP contribution in [0.2, 0.25) is 0 Å². The maximum absolute atomic E-state index is 5.40. The number of nitrogens with zero attached hydrogens (tertiary/aromatic N) is 2. The van der Waals surface area contributed by atoms with Crippen molar-refractivity contribution in [2.75, 3.05) is 38.0 Å². The van der Waals surface area contributed by atoms with Crippen molar-refractivity contribution in [1.29, 1.82) is 0 Å². The largest absolute Gasteiger partial charge is 0.446 e. The topological polar surface area (TPSA) is 19.6 Å². The van der Waals surface area contributed by atoms with Crippen molar-refractivity contribution < 1.29 is 4.42 Å². The molecule has 12 heavy (non-hydrogen) atoms. The summed E-state index contributed by atoms with van der Waals surface area (Å²) in [5.41, 5.74) is 2.32. The summed E-state index contributed by atoms with van der Waals surface area (Å²) in [6, 6.07) is 0. The molecule has 0 aliphatic rings. The first kappa shape index (κ1) is 8.97. The predicted molar refractivity (Wildman–Crippen MR) is 52.1 cm³/mol. The van der Waals surface area contributed by atoms with Gasteiger partial charge in [0, 0.05) is 33.8 Å². The van der Waals surface area contributed by atoms with E-state index in [1.54, 1.807) is 6.26 Å². The lowest BCUT2D eigenvalue weighted by molar-refractivity contribution is 0.563. The zero-order chi connectivity index (χ0) is 9.30. The van der Waals surface area contributed by atoms with E-state index in [4.69, 9.17) is 4.42 Å². The van der Waals surface area contributed by atoms with Crippen molar-refractivity contribution >= 4 is 11.6 Å². The Balaban J connectivity index is 3.04. The summed E-state index contributed by atoms with van der Waals surface area (Å²) in [7, 11) is 7.98. The van der Waals surface area contributed by atoms with E-state index in [0.29, 0.717) is 0 Å². The highest BCUT2D eigenvalue weighted by molar-refractivity contribution is 5.61. The van der Waals surface area contributed by atoms with Crippen LogP contribution in [-0.2, 0) is 0 Å². The zero-order valence-corrected chi connectivity index (χ0v) is 8.38. The summed E-state index contributed by atoms with van der Waals surface area (Å²) in [4.78, 5) is 4.02. The van der Waals surface area contributed by atoms with E-state index in [1.165, 1.54) is 5.56 Å². The first-order valence-electron chi connectivity index (χ1n) is 3.96. The van der Waals surface area contributed by atoms with Gasteiger partial charge in [0.05, 0.1) is 5.69 Å². The van der Waals surface area contributed by atoms with Gasteiger partial charge in [0.15, 0.2) is 5.88 Å². The van der Waals surface area contributed by atoms with Crippen LogP contribution in [0.25, 0.3) is 0 Å². The minimum atomic E-state index is 0.929. The fourth-order valence-corrected chi connectivity index (χ4v) is 1.28. The van der Waals surface area contributed by atoms with Gasteiger partial charge in [-0.2, -0.15) is 0 Å². The lowest BCUT2D eigenvalue weighted by atomic mass is 10.3. The van der Waals surface area contributed by atoms with Gasteiger partial charge in [0.25, 0.3) is 0 Å². The highest BCUT2D eigenvalue weighted by atomic mass is 16.3. The van der Waals surface area contributed by atoms with Crippen LogP contribution in [0.4, 0.5) is 11.6 Å². The Hall–Kier alpha value is -1.12. The second-order valence-corrected chi connectivity index (χ2v) is 3.34. The Morgan fingerprint density at radius 2 is 1.67 bits per heavy atom. The average Bonchev–Trinajstić information content (AvgIpc) is 2.30. The molecule has 0 spiro atoms. The van der Waals surface area contributed by atoms with Gasteiger partial charge in [-0.1, -0.05) is 0 Å². The molecule has 0 saturated carbocycles. The molecule has 0 aromatic carbocycles. The maximum atomic E-state index is 5.40. The average molecular weight is 168 g/mol. The number of anilines is 2. The minimum Gasteiger partial charge on any atom is -0.446 e. The smallest absolute Gasteiger partial charge is 0.199 e. The summed E-state index contributed by atoms with van der Waals surface area (Å²) in [5.74, 6) is 0.929. The molecule has 0 aliphatic heterocycles. The molecule has 0 N–H and O–H groups in total. The molecule has 0 bridgehead atoms. The molecule has 1 aromatic rings. The summed E-state index contributed by atoms with van der Waals surface area (Å²) in [6.07, 6.45) is 1.78. The molecule has 68 valence electrons. The Labute approximate surface area is 73.6 Å². The molecule has 1 aromatic heterocycles. The second-order valence-electron chi connectivity index (χ2n) is 3.34. The lowest BCUT2D eigenvalue weighted by Gasteiger charge is -2.12. The van der Waals surface area contributed by atoms with Crippen LogP contribution in [0.1, 0.15) is 5.56 Å². The van der Waals surface area contributed by atoms with Crippen LogP contribution in [0.3, 0.4) is 0 Å². The molecule has 0 saturated heterocycles. The van der Waals surface area contributed by atoms with Gasteiger partial charge in [-0.3, -0.25) is 0 Å². The third-order valence-electron chi connectivity index (χ3n) is 1.88. The predicted octanol–water partition coefficient (Wildman–Crippen LogP) is 1.72. The fraction of sp³-hybridized carbons (Fsp3) is 0.556. The molecule has 0 radical (unpaired) electrons. The maximum Gasteiger partial charge on any atom is 0.199 e. The van der Waals surface area contributed by atoms with Gasteiger partial charge in [-0.05, 0) is 6.92 Å². The lowest BCUT2D eigenvalue weighted by Crippen LogP contribution is -2.11. The molecule has 3 nitrogen and oxygen atoms in total. The Bertz CT molecular complexity index is 238. The summed E-state index contributed by atoms with van der Waals surface area (Å²) in [6.45, 7) is 2.06. The zero-order valence-electron chi connectivity index (χ0n) is 8.38. The molecule has 0 amide bonds. The Morgan fingerprint density at radius 3 is 1.92 bits per heavy atom. The minimum absolute atomic E-state index is 0.929. The first-order chi connectivity index (χ1) is 5.54. The van der Waals surface area contributed by atoms with Gasteiger partial charge in [-0.15, -0.1) is 0 Å². The molecule has 0 fully saturated rings. The molecule has 1 heterocycles. The number of hydrogen-bond acceptors (Lipinski definition) is 3. The van der Waals surface area contributed by atoms with Crippen molar-refractivity contribution in [3.05, 3.63) is 11.8 Å². The van der Waals surface area contributed by atoms with E-state index in [0.717, 1.165) is 11.6 Å². The summed E-state index contributed by atoms with van der Waals surface area (Å²) >= 11 is 0. The van der Waals surface area contributed by atoms with Crippen molar-refractivity contribution in [3.8, 4) is 0 Å². The number of furan rings is 1. The highest BCUT2D eigenvalue weighted by Crippen LogP contribution is 2.29. The van der Waals surface area contributed by atoms with Crippen molar-refractivity contribution in [1.82, 2.24) is 0 Å². The molecule has 0 aliphatic carbocycles.